The molecule has 0 saturated carbocycles. The second-order valence-corrected chi connectivity index (χ2v) is 4.95. The van der Waals surface area contributed by atoms with Gasteiger partial charge in [-0.15, -0.1) is 0 Å². The van der Waals surface area contributed by atoms with Gasteiger partial charge in [0.2, 0.25) is 5.91 Å². The Balaban J connectivity index is 2.11. The molecule has 1 atom stereocenters. The summed E-state index contributed by atoms with van der Waals surface area (Å²) in [5.41, 5.74) is 2.89. The average Bonchev–Trinajstić information content (AvgIpc) is 2.65. The summed E-state index contributed by atoms with van der Waals surface area (Å²) in [7, 11) is 1.88. The van der Waals surface area contributed by atoms with Crippen LogP contribution in [0.25, 0.3) is 0 Å². The second-order valence-electron chi connectivity index (χ2n) is 4.95. The maximum Gasteiger partial charge on any atom is 0.227 e. The van der Waals surface area contributed by atoms with Gasteiger partial charge in [-0.05, 0) is 13.8 Å². The van der Waals surface area contributed by atoms with E-state index in [1.165, 1.54) is 0 Å². The molecule has 0 aliphatic carbocycles. The number of amides is 1. The molecule has 19 heavy (non-hydrogen) atoms. The summed E-state index contributed by atoms with van der Waals surface area (Å²) in [5, 5.41) is 13.6. The van der Waals surface area contributed by atoms with Crippen molar-refractivity contribution in [3.05, 3.63) is 17.0 Å². The minimum Gasteiger partial charge on any atom is -0.394 e. The van der Waals surface area contributed by atoms with Crippen molar-refractivity contribution in [2.45, 2.75) is 26.3 Å². The van der Waals surface area contributed by atoms with E-state index in [1.54, 1.807) is 9.58 Å². The van der Waals surface area contributed by atoms with Gasteiger partial charge in [0, 0.05) is 24.8 Å². The standard InChI is InChI=1S/C13H21N3O3/c1-9-12(10(2)15(3)14-9)6-13(18)16-4-5-19-8-11(16)7-17/h11,17H,4-8H2,1-3H3. The Labute approximate surface area is 113 Å². The molecule has 0 aromatic carbocycles. The lowest BCUT2D eigenvalue weighted by atomic mass is 10.1. The molecule has 1 aliphatic heterocycles. The molecule has 1 fully saturated rings. The van der Waals surface area contributed by atoms with Crippen LogP contribution in [0.15, 0.2) is 0 Å². The van der Waals surface area contributed by atoms with Gasteiger partial charge in [0.05, 0.1) is 38.0 Å². The quantitative estimate of drug-likeness (QED) is 0.823. The third-order valence-electron chi connectivity index (χ3n) is 3.75. The monoisotopic (exact) mass is 267 g/mol. The van der Waals surface area contributed by atoms with Gasteiger partial charge in [0.25, 0.3) is 0 Å². The zero-order valence-corrected chi connectivity index (χ0v) is 11.7. The van der Waals surface area contributed by atoms with Gasteiger partial charge in [-0.2, -0.15) is 5.10 Å². The molecule has 1 unspecified atom stereocenters. The van der Waals surface area contributed by atoms with E-state index in [9.17, 15) is 9.90 Å². The van der Waals surface area contributed by atoms with Crippen molar-refractivity contribution < 1.29 is 14.6 Å². The number of ether oxygens (including phenoxy) is 1. The van der Waals surface area contributed by atoms with Crippen LogP contribution in [0.2, 0.25) is 0 Å². The molecule has 6 nitrogen and oxygen atoms in total. The molecular weight excluding hydrogens is 246 g/mol. The molecule has 0 spiro atoms. The van der Waals surface area contributed by atoms with E-state index < -0.39 is 0 Å². The van der Waals surface area contributed by atoms with Crippen LogP contribution in [0.5, 0.6) is 0 Å². The Hall–Kier alpha value is -1.40. The number of hydrogen-bond acceptors (Lipinski definition) is 4. The van der Waals surface area contributed by atoms with Crippen LogP contribution < -0.4 is 0 Å². The van der Waals surface area contributed by atoms with Crippen LogP contribution in [0, 0.1) is 13.8 Å². The fourth-order valence-corrected chi connectivity index (χ4v) is 2.46. The molecule has 1 aromatic heterocycles. The normalized spacial score (nSPS) is 19.8. The fourth-order valence-electron chi connectivity index (χ4n) is 2.46. The van der Waals surface area contributed by atoms with Gasteiger partial charge < -0.3 is 14.7 Å². The van der Waals surface area contributed by atoms with E-state index >= 15 is 0 Å². The van der Waals surface area contributed by atoms with E-state index in [1.807, 2.05) is 20.9 Å². The number of rotatable bonds is 3. The first kappa shape index (κ1) is 14.0. The lowest BCUT2D eigenvalue weighted by molar-refractivity contribution is -0.140. The maximum absolute atomic E-state index is 12.4. The summed E-state index contributed by atoms with van der Waals surface area (Å²) in [5.74, 6) is 0.0292. The number of nitrogens with zero attached hydrogens (tertiary/aromatic N) is 3. The molecule has 2 rings (SSSR count). The molecular formula is C13H21N3O3. The highest BCUT2D eigenvalue weighted by Gasteiger charge is 2.27. The van der Waals surface area contributed by atoms with Crippen LogP contribution in [-0.4, -0.2) is 58.1 Å². The van der Waals surface area contributed by atoms with Gasteiger partial charge in [0.1, 0.15) is 0 Å². The highest BCUT2D eigenvalue weighted by molar-refractivity contribution is 5.79. The van der Waals surface area contributed by atoms with Crippen molar-refractivity contribution in [3.63, 3.8) is 0 Å². The van der Waals surface area contributed by atoms with Crippen molar-refractivity contribution in [2.75, 3.05) is 26.4 Å². The van der Waals surface area contributed by atoms with Crippen LogP contribution in [0.3, 0.4) is 0 Å². The van der Waals surface area contributed by atoms with Gasteiger partial charge in [0.15, 0.2) is 0 Å². The lowest BCUT2D eigenvalue weighted by Gasteiger charge is -2.34. The van der Waals surface area contributed by atoms with Gasteiger partial charge >= 0.3 is 0 Å². The second kappa shape index (κ2) is 5.71. The smallest absolute Gasteiger partial charge is 0.227 e. The SMILES string of the molecule is Cc1nn(C)c(C)c1CC(=O)N1CCOCC1CO. The maximum atomic E-state index is 12.4. The first-order chi connectivity index (χ1) is 9.04. The third kappa shape index (κ3) is 2.79. The molecule has 1 N–H and O–H groups in total. The highest BCUT2D eigenvalue weighted by atomic mass is 16.5. The Kier molecular flexibility index (Phi) is 4.21. The van der Waals surface area contributed by atoms with E-state index in [4.69, 9.17) is 4.74 Å². The molecule has 106 valence electrons. The van der Waals surface area contributed by atoms with Crippen LogP contribution >= 0.6 is 0 Å². The summed E-state index contributed by atoms with van der Waals surface area (Å²) in [6, 6.07) is -0.224. The number of aryl methyl sites for hydroxylation is 2. The molecule has 1 aliphatic rings. The number of carbonyl (C=O) groups is 1. The first-order valence-electron chi connectivity index (χ1n) is 6.51. The molecule has 1 aromatic rings. The topological polar surface area (TPSA) is 67.6 Å². The zero-order chi connectivity index (χ0) is 14.0. The van der Waals surface area contributed by atoms with Crippen LogP contribution in [-0.2, 0) is 23.0 Å². The first-order valence-corrected chi connectivity index (χ1v) is 6.51. The highest BCUT2D eigenvalue weighted by Crippen LogP contribution is 2.16. The van der Waals surface area contributed by atoms with Gasteiger partial charge in [-0.3, -0.25) is 9.48 Å². The van der Waals surface area contributed by atoms with Crippen molar-refractivity contribution >= 4 is 5.91 Å². The minimum absolute atomic E-state index is 0.0292. The number of aliphatic hydroxyl groups excluding tert-OH is 1. The van der Waals surface area contributed by atoms with Gasteiger partial charge in [-0.25, -0.2) is 0 Å². The Morgan fingerprint density at radius 3 is 2.84 bits per heavy atom. The van der Waals surface area contributed by atoms with Gasteiger partial charge in [-0.1, -0.05) is 0 Å². The number of carbonyl (C=O) groups excluding carboxylic acids is 1. The lowest BCUT2D eigenvalue weighted by Crippen LogP contribution is -2.51. The average molecular weight is 267 g/mol. The van der Waals surface area contributed by atoms with Crippen molar-refractivity contribution in [2.24, 2.45) is 7.05 Å². The summed E-state index contributed by atoms with van der Waals surface area (Å²) in [4.78, 5) is 14.1. The summed E-state index contributed by atoms with van der Waals surface area (Å²) in [6.45, 7) is 5.31. The van der Waals surface area contributed by atoms with Crippen molar-refractivity contribution in [1.29, 1.82) is 0 Å². The van der Waals surface area contributed by atoms with Crippen LogP contribution in [0.1, 0.15) is 17.0 Å². The molecule has 6 heteroatoms. The molecule has 1 saturated heterocycles. The minimum atomic E-state index is -0.224. The molecule has 2 heterocycles. The van der Waals surface area contributed by atoms with Crippen molar-refractivity contribution in [3.8, 4) is 0 Å². The number of aliphatic hydroxyl groups is 1. The number of morpholine rings is 1. The van der Waals surface area contributed by atoms with Crippen molar-refractivity contribution in [1.82, 2.24) is 14.7 Å². The Morgan fingerprint density at radius 1 is 1.53 bits per heavy atom. The van der Waals surface area contributed by atoms with E-state index in [2.05, 4.69) is 5.10 Å². The summed E-state index contributed by atoms with van der Waals surface area (Å²) in [6.07, 6.45) is 0.335. The predicted molar refractivity (Wildman–Crippen MR) is 69.8 cm³/mol. The van der Waals surface area contributed by atoms with Crippen LogP contribution in [0.4, 0.5) is 0 Å². The predicted octanol–water partition coefficient (Wildman–Crippen LogP) is -0.201. The Bertz CT molecular complexity index is 470. The summed E-state index contributed by atoms with van der Waals surface area (Å²) >= 11 is 0. The molecule has 1 amide bonds. The number of hydrogen-bond donors (Lipinski definition) is 1. The summed E-state index contributed by atoms with van der Waals surface area (Å²) < 4.78 is 7.08. The third-order valence-corrected chi connectivity index (χ3v) is 3.75. The zero-order valence-electron chi connectivity index (χ0n) is 11.7. The molecule has 0 radical (unpaired) electrons. The van der Waals surface area contributed by atoms with E-state index in [-0.39, 0.29) is 18.6 Å². The Morgan fingerprint density at radius 2 is 2.26 bits per heavy atom. The molecule has 0 bridgehead atoms. The largest absolute Gasteiger partial charge is 0.394 e. The van der Waals surface area contributed by atoms with E-state index in [0.717, 1.165) is 17.0 Å². The number of aromatic nitrogens is 2. The van der Waals surface area contributed by atoms with E-state index in [0.29, 0.717) is 26.2 Å². The fraction of sp³-hybridized carbons (Fsp3) is 0.692.